The van der Waals surface area contributed by atoms with Crippen molar-refractivity contribution in [3.05, 3.63) is 29.8 Å². The summed E-state index contributed by atoms with van der Waals surface area (Å²) in [6, 6.07) is 7.32. The van der Waals surface area contributed by atoms with E-state index in [2.05, 4.69) is 5.43 Å². The Morgan fingerprint density at radius 3 is 2.90 bits per heavy atom. The highest BCUT2D eigenvalue weighted by Gasteiger charge is 2.22. The normalized spacial score (nSPS) is 14.1. The van der Waals surface area contributed by atoms with Crippen LogP contribution in [0.1, 0.15) is 36.0 Å². The van der Waals surface area contributed by atoms with Crippen molar-refractivity contribution in [2.45, 2.75) is 25.7 Å². The van der Waals surface area contributed by atoms with Crippen molar-refractivity contribution >= 4 is 11.8 Å². The van der Waals surface area contributed by atoms with Gasteiger partial charge in [-0.25, -0.2) is 5.84 Å². The highest BCUT2D eigenvalue weighted by atomic mass is 16.5. The molecule has 1 aliphatic heterocycles. The van der Waals surface area contributed by atoms with Gasteiger partial charge < -0.3 is 9.64 Å². The van der Waals surface area contributed by atoms with E-state index in [9.17, 15) is 9.59 Å². The van der Waals surface area contributed by atoms with Crippen LogP contribution in [0.4, 0.5) is 0 Å². The SMILES string of the molecule is NNC(=O)CCCCCN1CCOc2ccccc2C1=O. The maximum absolute atomic E-state index is 12.4. The van der Waals surface area contributed by atoms with E-state index in [0.717, 1.165) is 19.3 Å². The number of ether oxygens (including phenoxy) is 1. The van der Waals surface area contributed by atoms with Gasteiger partial charge in [0.2, 0.25) is 5.91 Å². The Morgan fingerprint density at radius 2 is 2.10 bits per heavy atom. The molecule has 114 valence electrons. The molecule has 0 spiro atoms. The van der Waals surface area contributed by atoms with E-state index in [4.69, 9.17) is 10.6 Å². The number of para-hydroxylation sites is 1. The van der Waals surface area contributed by atoms with E-state index in [1.807, 2.05) is 23.1 Å². The van der Waals surface area contributed by atoms with Gasteiger partial charge in [0, 0.05) is 13.0 Å². The van der Waals surface area contributed by atoms with Crippen LogP contribution in [0.25, 0.3) is 0 Å². The average Bonchev–Trinajstić information content (AvgIpc) is 2.67. The summed E-state index contributed by atoms with van der Waals surface area (Å²) in [5.41, 5.74) is 2.73. The molecule has 0 saturated carbocycles. The zero-order valence-corrected chi connectivity index (χ0v) is 12.0. The number of hydrazine groups is 1. The van der Waals surface area contributed by atoms with Crippen LogP contribution in [0.3, 0.4) is 0 Å². The van der Waals surface area contributed by atoms with Crippen LogP contribution < -0.4 is 16.0 Å². The fraction of sp³-hybridized carbons (Fsp3) is 0.467. The first-order valence-corrected chi connectivity index (χ1v) is 7.23. The number of carbonyl (C=O) groups is 2. The summed E-state index contributed by atoms with van der Waals surface area (Å²) in [5, 5.41) is 0. The van der Waals surface area contributed by atoms with Crippen LogP contribution in [-0.4, -0.2) is 36.4 Å². The van der Waals surface area contributed by atoms with Gasteiger partial charge in [0.15, 0.2) is 0 Å². The largest absolute Gasteiger partial charge is 0.491 e. The smallest absolute Gasteiger partial charge is 0.257 e. The van der Waals surface area contributed by atoms with Crippen LogP contribution in [0.15, 0.2) is 24.3 Å². The molecule has 1 heterocycles. The predicted octanol–water partition coefficient (Wildman–Crippen LogP) is 1.07. The van der Waals surface area contributed by atoms with E-state index in [0.29, 0.717) is 37.4 Å². The maximum atomic E-state index is 12.4. The number of fused-ring (bicyclic) bond motifs is 1. The zero-order valence-electron chi connectivity index (χ0n) is 12.0. The molecule has 0 bridgehead atoms. The summed E-state index contributed by atoms with van der Waals surface area (Å²) in [7, 11) is 0. The summed E-state index contributed by atoms with van der Waals surface area (Å²) in [5.74, 6) is 5.54. The lowest BCUT2D eigenvalue weighted by Gasteiger charge is -2.19. The second-order valence-electron chi connectivity index (χ2n) is 5.01. The zero-order chi connectivity index (χ0) is 15.1. The second kappa shape index (κ2) is 7.64. The summed E-state index contributed by atoms with van der Waals surface area (Å²) < 4.78 is 5.59. The highest BCUT2D eigenvalue weighted by molar-refractivity contribution is 5.97. The number of nitrogens with one attached hydrogen (secondary N) is 1. The van der Waals surface area contributed by atoms with Crippen molar-refractivity contribution in [1.82, 2.24) is 10.3 Å². The lowest BCUT2D eigenvalue weighted by atomic mass is 10.1. The van der Waals surface area contributed by atoms with Gasteiger partial charge in [-0.05, 0) is 25.0 Å². The minimum Gasteiger partial charge on any atom is -0.491 e. The van der Waals surface area contributed by atoms with Crippen molar-refractivity contribution in [2.75, 3.05) is 19.7 Å². The van der Waals surface area contributed by atoms with Gasteiger partial charge in [0.05, 0.1) is 12.1 Å². The van der Waals surface area contributed by atoms with Crippen LogP contribution in [0, 0.1) is 0 Å². The summed E-state index contributed by atoms with van der Waals surface area (Å²) >= 11 is 0. The fourth-order valence-corrected chi connectivity index (χ4v) is 2.36. The first-order chi connectivity index (χ1) is 10.2. The van der Waals surface area contributed by atoms with Gasteiger partial charge in [-0.3, -0.25) is 15.0 Å². The Kier molecular flexibility index (Phi) is 5.57. The number of benzene rings is 1. The number of hydrogen-bond acceptors (Lipinski definition) is 4. The molecule has 2 amide bonds. The number of rotatable bonds is 6. The van der Waals surface area contributed by atoms with Crippen molar-refractivity contribution in [3.63, 3.8) is 0 Å². The number of amides is 2. The van der Waals surface area contributed by atoms with E-state index in [1.54, 1.807) is 6.07 Å². The first-order valence-electron chi connectivity index (χ1n) is 7.23. The minimum absolute atomic E-state index is 0.0165. The van der Waals surface area contributed by atoms with E-state index in [-0.39, 0.29) is 11.8 Å². The van der Waals surface area contributed by atoms with Crippen molar-refractivity contribution in [3.8, 4) is 5.75 Å². The van der Waals surface area contributed by atoms with Crippen LogP contribution in [0.5, 0.6) is 5.75 Å². The molecule has 0 unspecified atom stereocenters. The predicted molar refractivity (Wildman–Crippen MR) is 78.6 cm³/mol. The Labute approximate surface area is 124 Å². The topological polar surface area (TPSA) is 84.7 Å². The van der Waals surface area contributed by atoms with Crippen molar-refractivity contribution < 1.29 is 14.3 Å². The van der Waals surface area contributed by atoms with Crippen LogP contribution >= 0.6 is 0 Å². The molecule has 1 aromatic carbocycles. The standard InChI is InChI=1S/C15H21N3O3/c16-17-14(19)8-2-1-5-9-18-10-11-21-13-7-4-3-6-12(13)15(18)20/h3-4,6-7H,1-2,5,8-11,16H2,(H,17,19). The Morgan fingerprint density at radius 1 is 1.29 bits per heavy atom. The molecular formula is C15H21N3O3. The molecule has 3 N–H and O–H groups in total. The molecule has 6 nitrogen and oxygen atoms in total. The van der Waals surface area contributed by atoms with Gasteiger partial charge in [-0.2, -0.15) is 0 Å². The van der Waals surface area contributed by atoms with E-state index in [1.165, 1.54) is 0 Å². The summed E-state index contributed by atoms with van der Waals surface area (Å²) in [4.78, 5) is 25.2. The van der Waals surface area contributed by atoms with Gasteiger partial charge in [0.25, 0.3) is 5.91 Å². The summed E-state index contributed by atoms with van der Waals surface area (Å²) in [6.07, 6.45) is 2.96. The van der Waals surface area contributed by atoms with E-state index < -0.39 is 0 Å². The van der Waals surface area contributed by atoms with Crippen LogP contribution in [0.2, 0.25) is 0 Å². The second-order valence-corrected chi connectivity index (χ2v) is 5.01. The Hall–Kier alpha value is -2.08. The Bertz CT molecular complexity index is 505. The first kappa shape index (κ1) is 15.3. The molecule has 2 rings (SSSR count). The number of nitrogens with two attached hydrogens (primary N) is 1. The third-order valence-corrected chi connectivity index (χ3v) is 3.52. The molecule has 0 saturated heterocycles. The highest BCUT2D eigenvalue weighted by Crippen LogP contribution is 2.22. The Balaban J connectivity index is 1.81. The number of unbranched alkanes of at least 4 members (excludes halogenated alkanes) is 2. The lowest BCUT2D eigenvalue weighted by molar-refractivity contribution is -0.121. The van der Waals surface area contributed by atoms with Crippen LogP contribution in [-0.2, 0) is 4.79 Å². The molecule has 1 aromatic rings. The quantitative estimate of drug-likeness (QED) is 0.355. The lowest BCUT2D eigenvalue weighted by Crippen LogP contribution is -2.33. The molecule has 0 fully saturated rings. The van der Waals surface area contributed by atoms with E-state index >= 15 is 0 Å². The van der Waals surface area contributed by atoms with Gasteiger partial charge in [-0.1, -0.05) is 18.6 Å². The average molecular weight is 291 g/mol. The molecule has 0 aromatic heterocycles. The number of carbonyl (C=O) groups excluding carboxylic acids is 2. The molecule has 0 atom stereocenters. The minimum atomic E-state index is -0.150. The van der Waals surface area contributed by atoms with Gasteiger partial charge in [0.1, 0.15) is 12.4 Å². The number of nitrogens with zero attached hydrogens (tertiary/aromatic N) is 1. The summed E-state index contributed by atoms with van der Waals surface area (Å²) in [6.45, 7) is 1.79. The molecule has 0 aliphatic carbocycles. The molecule has 1 aliphatic rings. The van der Waals surface area contributed by atoms with Gasteiger partial charge >= 0.3 is 0 Å². The molecule has 21 heavy (non-hydrogen) atoms. The molecule has 0 radical (unpaired) electrons. The number of hydrogen-bond donors (Lipinski definition) is 2. The molecular weight excluding hydrogens is 270 g/mol. The van der Waals surface area contributed by atoms with Crippen molar-refractivity contribution in [1.29, 1.82) is 0 Å². The third kappa shape index (κ3) is 4.19. The monoisotopic (exact) mass is 291 g/mol. The fourth-order valence-electron chi connectivity index (χ4n) is 2.36. The van der Waals surface area contributed by atoms with Gasteiger partial charge in [-0.15, -0.1) is 0 Å². The molecule has 6 heteroatoms. The third-order valence-electron chi connectivity index (χ3n) is 3.52. The van der Waals surface area contributed by atoms with Crippen molar-refractivity contribution in [2.24, 2.45) is 5.84 Å². The maximum Gasteiger partial charge on any atom is 0.257 e.